The minimum Gasteiger partial charge on any atom is -0.456 e. The van der Waals surface area contributed by atoms with Crippen molar-refractivity contribution in [2.75, 3.05) is 40.9 Å². The summed E-state index contributed by atoms with van der Waals surface area (Å²) in [5.74, 6) is -0.495. The molecule has 9 nitrogen and oxygen atoms in total. The zero-order valence-corrected chi connectivity index (χ0v) is 60.6. The SMILES string of the molecule is CCCCC/C=C\C/C=C\C/C=C\CCCCCCCCCCCCC(=O)NC(COP(=O)(O)OCC[N+](C)(C)C)C(/C=C/CCCCCCCCCCCCC)OC(=O)CCCCCCCCCCCCCCCCCCC/C=C\C/C=C\CCCCC. The van der Waals surface area contributed by atoms with Gasteiger partial charge >= 0.3 is 13.8 Å². The summed E-state index contributed by atoms with van der Waals surface area (Å²) < 4.78 is 30.9. The molecule has 0 saturated carbocycles. The molecule has 0 aliphatic rings. The third kappa shape index (κ3) is 69.6. The van der Waals surface area contributed by atoms with Gasteiger partial charge in [0.25, 0.3) is 0 Å². The minimum atomic E-state index is -4.46. The summed E-state index contributed by atoms with van der Waals surface area (Å²) in [7, 11) is 1.50. The monoisotopic (exact) mass is 1270 g/mol. The van der Waals surface area contributed by atoms with E-state index in [2.05, 4.69) is 92.9 Å². The maximum atomic E-state index is 13.7. The van der Waals surface area contributed by atoms with E-state index in [1.165, 1.54) is 257 Å². The van der Waals surface area contributed by atoms with Crippen LogP contribution >= 0.6 is 7.82 Å². The summed E-state index contributed by atoms with van der Waals surface area (Å²) in [5.41, 5.74) is 0. The number of hydrogen-bond donors (Lipinski definition) is 2. The van der Waals surface area contributed by atoms with Gasteiger partial charge in [-0.05, 0) is 102 Å². The summed E-state index contributed by atoms with van der Waals surface area (Å²) >= 11 is 0. The normalized spacial score (nSPS) is 13.8. The number of nitrogens with one attached hydrogen (secondary N) is 1. The van der Waals surface area contributed by atoms with Crippen molar-refractivity contribution in [3.05, 3.63) is 72.9 Å². The predicted octanol–water partition coefficient (Wildman–Crippen LogP) is 24.7. The highest BCUT2D eigenvalue weighted by Crippen LogP contribution is 2.43. The number of hydrogen-bond acceptors (Lipinski definition) is 6. The van der Waals surface area contributed by atoms with Crippen molar-refractivity contribution < 1.29 is 37.3 Å². The number of unbranched alkanes of at least 4 members (excludes halogenated alkanes) is 44. The molecular weight excluding hydrogens is 1120 g/mol. The highest BCUT2D eigenvalue weighted by Gasteiger charge is 2.30. The molecule has 2 N–H and O–H groups in total. The van der Waals surface area contributed by atoms with Crippen LogP contribution < -0.4 is 5.32 Å². The first kappa shape index (κ1) is 86.5. The van der Waals surface area contributed by atoms with Gasteiger partial charge in [-0.1, -0.05) is 325 Å². The largest absolute Gasteiger partial charge is 0.472 e. The van der Waals surface area contributed by atoms with Crippen molar-refractivity contribution in [1.29, 1.82) is 0 Å². The highest BCUT2D eigenvalue weighted by molar-refractivity contribution is 7.47. The Bertz CT molecular complexity index is 1750. The number of amides is 1. The van der Waals surface area contributed by atoms with Crippen molar-refractivity contribution in [3.63, 3.8) is 0 Å². The Morgan fingerprint density at radius 2 is 0.685 bits per heavy atom. The van der Waals surface area contributed by atoms with E-state index >= 15 is 0 Å². The number of ether oxygens (including phenoxy) is 1. The molecule has 0 aromatic heterocycles. The number of quaternary nitrogens is 1. The lowest BCUT2D eigenvalue weighted by atomic mass is 10.0. The Hall–Kier alpha value is -2.55. The van der Waals surface area contributed by atoms with Crippen LogP contribution in [0.3, 0.4) is 0 Å². The fourth-order valence-corrected chi connectivity index (χ4v) is 12.0. The van der Waals surface area contributed by atoms with E-state index in [0.717, 1.165) is 77.0 Å². The first-order chi connectivity index (χ1) is 43.4. The average Bonchev–Trinajstić information content (AvgIpc) is 3.64. The van der Waals surface area contributed by atoms with E-state index in [9.17, 15) is 19.0 Å². The molecule has 1 amide bonds. The molecule has 0 saturated heterocycles. The molecule has 0 rings (SSSR count). The smallest absolute Gasteiger partial charge is 0.456 e. The van der Waals surface area contributed by atoms with Gasteiger partial charge in [-0.25, -0.2) is 4.57 Å². The van der Waals surface area contributed by atoms with Crippen LogP contribution in [0.2, 0.25) is 0 Å². The molecular formula is C79H148N2O7P+. The number of carbonyl (C=O) groups excluding carboxylic acids is 2. The third-order valence-corrected chi connectivity index (χ3v) is 18.1. The zero-order valence-electron chi connectivity index (χ0n) is 59.7. The van der Waals surface area contributed by atoms with Crippen LogP contribution in [-0.4, -0.2) is 74.3 Å². The van der Waals surface area contributed by atoms with Gasteiger partial charge < -0.3 is 19.4 Å². The lowest BCUT2D eigenvalue weighted by Crippen LogP contribution is -2.47. The zero-order chi connectivity index (χ0) is 64.9. The van der Waals surface area contributed by atoms with Crippen molar-refractivity contribution in [1.82, 2.24) is 5.32 Å². The minimum absolute atomic E-state index is 0.0391. The van der Waals surface area contributed by atoms with Gasteiger partial charge in [-0.3, -0.25) is 18.6 Å². The highest BCUT2D eigenvalue weighted by atomic mass is 31.2. The van der Waals surface area contributed by atoms with Crippen molar-refractivity contribution >= 4 is 19.7 Å². The Kier molecular flexibility index (Phi) is 66.4. The predicted molar refractivity (Wildman–Crippen MR) is 388 cm³/mol. The number of esters is 1. The van der Waals surface area contributed by atoms with E-state index in [4.69, 9.17) is 13.8 Å². The van der Waals surface area contributed by atoms with Gasteiger partial charge in [0.15, 0.2) is 0 Å². The summed E-state index contributed by atoms with van der Waals surface area (Å²) in [5, 5.41) is 3.08. The van der Waals surface area contributed by atoms with E-state index in [1.54, 1.807) is 0 Å². The van der Waals surface area contributed by atoms with Crippen molar-refractivity contribution in [2.45, 2.75) is 380 Å². The number of phosphoric ester groups is 1. The van der Waals surface area contributed by atoms with Crippen LogP contribution in [0.15, 0.2) is 72.9 Å². The lowest BCUT2D eigenvalue weighted by Gasteiger charge is -2.27. The molecule has 0 radical (unpaired) electrons. The first-order valence-corrected chi connectivity index (χ1v) is 39.8. The summed E-state index contributed by atoms with van der Waals surface area (Å²) in [4.78, 5) is 38.0. The molecule has 0 spiro atoms. The van der Waals surface area contributed by atoms with Crippen molar-refractivity contribution in [3.8, 4) is 0 Å². The van der Waals surface area contributed by atoms with Gasteiger partial charge in [-0.15, -0.1) is 0 Å². The number of phosphoric acid groups is 1. The quantitative estimate of drug-likeness (QED) is 0.0205. The molecule has 0 aliphatic carbocycles. The van der Waals surface area contributed by atoms with E-state index in [0.29, 0.717) is 23.9 Å². The van der Waals surface area contributed by atoms with Crippen LogP contribution in [-0.2, 0) is 27.9 Å². The molecule has 0 aromatic carbocycles. The Labute approximate surface area is 553 Å². The topological polar surface area (TPSA) is 111 Å². The van der Waals surface area contributed by atoms with Crippen molar-refractivity contribution in [2.24, 2.45) is 0 Å². The summed E-state index contributed by atoms with van der Waals surface area (Å²) in [6, 6.07) is -0.853. The number of allylic oxidation sites excluding steroid dienone is 11. The number of nitrogens with zero attached hydrogens (tertiary/aromatic N) is 1. The second-order valence-corrected chi connectivity index (χ2v) is 28.6. The number of rotatable bonds is 70. The van der Waals surface area contributed by atoms with Gasteiger partial charge in [0.05, 0.1) is 33.8 Å². The summed E-state index contributed by atoms with van der Waals surface area (Å²) in [6.07, 6.45) is 90.6. The first-order valence-electron chi connectivity index (χ1n) is 38.3. The molecule has 3 atom stereocenters. The number of carbonyl (C=O) groups is 2. The second-order valence-electron chi connectivity index (χ2n) is 27.2. The summed E-state index contributed by atoms with van der Waals surface area (Å²) in [6.45, 7) is 7.01. The van der Waals surface area contributed by atoms with E-state index in [-0.39, 0.29) is 25.1 Å². The molecule has 3 unspecified atom stereocenters. The van der Waals surface area contributed by atoms with Gasteiger partial charge in [0.2, 0.25) is 5.91 Å². The van der Waals surface area contributed by atoms with E-state index < -0.39 is 20.0 Å². The average molecular weight is 1270 g/mol. The van der Waals surface area contributed by atoms with Gasteiger partial charge in [0.1, 0.15) is 19.3 Å². The molecule has 0 fully saturated rings. The van der Waals surface area contributed by atoms with Crippen LogP contribution in [0.5, 0.6) is 0 Å². The fourth-order valence-electron chi connectivity index (χ4n) is 11.2. The maximum absolute atomic E-state index is 13.7. The third-order valence-electron chi connectivity index (χ3n) is 17.1. The second kappa shape index (κ2) is 68.3. The Morgan fingerprint density at radius 1 is 0.393 bits per heavy atom. The number of likely N-dealkylation sites (N-methyl/N-ethyl adjacent to an activating group) is 1. The maximum Gasteiger partial charge on any atom is 0.472 e. The van der Waals surface area contributed by atoms with Crippen LogP contribution in [0, 0.1) is 0 Å². The molecule has 0 aromatic rings. The molecule has 89 heavy (non-hydrogen) atoms. The Morgan fingerprint density at radius 3 is 1.04 bits per heavy atom. The van der Waals surface area contributed by atoms with E-state index in [1.807, 2.05) is 27.2 Å². The molecule has 0 aliphatic heterocycles. The van der Waals surface area contributed by atoms with Gasteiger partial charge in [0, 0.05) is 12.8 Å². The Balaban J connectivity index is 5.00. The van der Waals surface area contributed by atoms with Crippen LogP contribution in [0.1, 0.15) is 367 Å². The molecule has 520 valence electrons. The van der Waals surface area contributed by atoms with Crippen LogP contribution in [0.4, 0.5) is 0 Å². The van der Waals surface area contributed by atoms with Gasteiger partial charge in [-0.2, -0.15) is 0 Å². The molecule has 0 bridgehead atoms. The van der Waals surface area contributed by atoms with Crippen LogP contribution in [0.25, 0.3) is 0 Å². The molecule has 10 heteroatoms. The molecule has 0 heterocycles. The fraction of sp³-hybridized carbons (Fsp3) is 0.823. The lowest BCUT2D eigenvalue weighted by molar-refractivity contribution is -0.870. The standard InChI is InChI=1S/C79H147N2O7P/c1-7-10-13-16-19-22-25-28-30-32-34-36-38-39-40-41-43-45-47-49-51-54-57-60-63-66-69-72-79(83)88-77(70-67-64-61-58-55-52-27-24-21-18-15-12-9-3)76(75-87-89(84,85)86-74-73-81(4,5)6)80-78(82)71-68-65-62-59-56-53-50-48-46-44-42-37-35-33-31-29-26-23-20-17-14-11-8-2/h19-20,22-23,28-31,35,37,67,70,76-77H,7-18,21,24-27,32-34,36,38-66,68-69,71-75H2,1-6H3,(H-,80,82,84,85)/p+1/b22-19-,23-20-,30-28-,31-29-,37-35-,70-67+.